The van der Waals surface area contributed by atoms with Gasteiger partial charge in [0.15, 0.2) is 0 Å². The van der Waals surface area contributed by atoms with Gasteiger partial charge in [0, 0.05) is 30.2 Å². The lowest BCUT2D eigenvalue weighted by Gasteiger charge is -2.30. The van der Waals surface area contributed by atoms with E-state index in [-0.39, 0.29) is 10.3 Å². The summed E-state index contributed by atoms with van der Waals surface area (Å²) in [5, 5.41) is 1.57. The minimum Gasteiger partial charge on any atom is -0.398 e. The molecule has 10 heteroatoms. The molecule has 0 atom stereocenters. The van der Waals surface area contributed by atoms with Crippen molar-refractivity contribution in [2.75, 3.05) is 25.1 Å². The van der Waals surface area contributed by atoms with Crippen LogP contribution in [0.2, 0.25) is 0 Å². The monoisotopic (exact) mass is 339 g/mol. The highest BCUT2D eigenvalue weighted by Gasteiger charge is 2.28. The fourth-order valence-electron chi connectivity index (χ4n) is 2.05. The summed E-state index contributed by atoms with van der Waals surface area (Å²) in [5.41, 5.74) is 5.94. The largest absolute Gasteiger partial charge is 0.398 e. The number of nitrogens with one attached hydrogen (secondary N) is 1. The van der Waals surface area contributed by atoms with E-state index in [1.165, 1.54) is 10.4 Å². The van der Waals surface area contributed by atoms with E-state index in [9.17, 15) is 16.8 Å². The second-order valence-corrected chi connectivity index (χ2v) is 9.59. The summed E-state index contributed by atoms with van der Waals surface area (Å²) in [4.78, 5) is 0. The molecule has 0 aliphatic carbocycles. The van der Waals surface area contributed by atoms with E-state index in [4.69, 9.17) is 5.73 Å². The molecule has 0 aromatic carbocycles. The minimum absolute atomic E-state index is 0.181. The van der Waals surface area contributed by atoms with Gasteiger partial charge < -0.3 is 5.73 Å². The molecular formula is C10H17N3O4S3. The molecule has 2 heterocycles. The summed E-state index contributed by atoms with van der Waals surface area (Å²) in [6.07, 6.45) is 2.09. The van der Waals surface area contributed by atoms with Gasteiger partial charge in [0.25, 0.3) is 0 Å². The van der Waals surface area contributed by atoms with Crippen LogP contribution in [0, 0.1) is 0 Å². The number of hydrogen-bond donors (Lipinski definition) is 2. The van der Waals surface area contributed by atoms with Gasteiger partial charge in [-0.1, -0.05) is 0 Å². The first-order valence-electron chi connectivity index (χ1n) is 6.00. The first kappa shape index (κ1) is 15.7. The maximum Gasteiger partial charge on any atom is 0.250 e. The molecule has 20 heavy (non-hydrogen) atoms. The van der Waals surface area contributed by atoms with Crippen molar-refractivity contribution in [2.45, 2.75) is 23.1 Å². The zero-order valence-electron chi connectivity index (χ0n) is 10.9. The van der Waals surface area contributed by atoms with Gasteiger partial charge in [-0.25, -0.2) is 25.9 Å². The highest BCUT2D eigenvalue weighted by molar-refractivity contribution is 7.91. The fraction of sp³-hybridized carbons (Fsp3) is 0.600. The Balaban J connectivity index is 1.99. The van der Waals surface area contributed by atoms with Gasteiger partial charge in [-0.05, 0) is 18.9 Å². The number of nitrogens with zero attached hydrogens (tertiary/aromatic N) is 1. The highest BCUT2D eigenvalue weighted by Crippen LogP contribution is 2.23. The van der Waals surface area contributed by atoms with Crippen LogP contribution < -0.4 is 10.5 Å². The lowest BCUT2D eigenvalue weighted by molar-refractivity contribution is 0.310. The van der Waals surface area contributed by atoms with E-state index in [2.05, 4.69) is 4.72 Å². The molecule has 0 spiro atoms. The summed E-state index contributed by atoms with van der Waals surface area (Å²) in [6.45, 7) is 0.664. The topological polar surface area (TPSA) is 110 Å². The highest BCUT2D eigenvalue weighted by atomic mass is 32.2. The number of piperidine rings is 1. The Bertz CT molecular complexity index is 672. The second-order valence-electron chi connectivity index (χ2n) is 4.76. The average molecular weight is 339 g/mol. The van der Waals surface area contributed by atoms with E-state index in [1.54, 1.807) is 5.38 Å². The summed E-state index contributed by atoms with van der Waals surface area (Å²) in [6, 6.07) is 1.17. The van der Waals surface area contributed by atoms with Gasteiger partial charge in [-0.3, -0.25) is 0 Å². The van der Waals surface area contributed by atoms with E-state index >= 15 is 0 Å². The Hall–Kier alpha value is -0.680. The minimum atomic E-state index is -3.57. The van der Waals surface area contributed by atoms with Crippen molar-refractivity contribution >= 4 is 37.1 Å². The fourth-order valence-corrected chi connectivity index (χ4v) is 5.33. The molecule has 1 aliphatic heterocycles. The van der Waals surface area contributed by atoms with Gasteiger partial charge in [0.2, 0.25) is 20.0 Å². The lowest BCUT2D eigenvalue weighted by atomic mass is 10.1. The zero-order chi connectivity index (χ0) is 15.0. The van der Waals surface area contributed by atoms with Crippen molar-refractivity contribution in [2.24, 2.45) is 0 Å². The third-order valence-corrected chi connectivity index (χ3v) is 7.39. The number of hydrogen-bond acceptors (Lipinski definition) is 6. The van der Waals surface area contributed by atoms with Gasteiger partial charge in [-0.2, -0.15) is 0 Å². The number of anilines is 1. The Labute approximate surface area is 122 Å². The Kier molecular flexibility index (Phi) is 4.40. The van der Waals surface area contributed by atoms with Crippen molar-refractivity contribution < 1.29 is 16.8 Å². The summed E-state index contributed by atoms with van der Waals surface area (Å²) < 4.78 is 51.1. The number of nitrogen functional groups attached to an aromatic ring is 1. The number of rotatable bonds is 4. The maximum absolute atomic E-state index is 12.1. The van der Waals surface area contributed by atoms with Crippen LogP contribution in [-0.4, -0.2) is 46.5 Å². The van der Waals surface area contributed by atoms with E-state index in [1.807, 2.05) is 0 Å². The van der Waals surface area contributed by atoms with Crippen LogP contribution >= 0.6 is 11.3 Å². The molecule has 2 rings (SSSR count). The van der Waals surface area contributed by atoms with Crippen LogP contribution in [0.5, 0.6) is 0 Å². The molecule has 0 amide bonds. The standard InChI is InChI=1S/C10H17N3O4S3/c1-19(14,15)13-4-2-9(3-5-13)12-20(16,17)10-6-8(11)7-18-10/h6-7,9,12H,2-5,11H2,1H3. The average Bonchev–Trinajstić information content (AvgIpc) is 2.76. The van der Waals surface area contributed by atoms with Crippen LogP contribution in [0.3, 0.4) is 0 Å². The van der Waals surface area contributed by atoms with Crippen molar-refractivity contribution in [1.29, 1.82) is 0 Å². The molecule has 7 nitrogen and oxygen atoms in total. The van der Waals surface area contributed by atoms with E-state index in [0.717, 1.165) is 17.6 Å². The normalized spacial score (nSPS) is 19.2. The molecule has 0 saturated carbocycles. The third kappa shape index (κ3) is 3.70. The molecule has 114 valence electrons. The predicted octanol–water partition coefficient (Wildman–Crippen LogP) is 0.0326. The number of sulfonamides is 2. The molecule has 3 N–H and O–H groups in total. The van der Waals surface area contributed by atoms with Crippen molar-refractivity contribution in [3.63, 3.8) is 0 Å². The van der Waals surface area contributed by atoms with Gasteiger partial charge in [-0.15, -0.1) is 11.3 Å². The zero-order valence-corrected chi connectivity index (χ0v) is 13.4. The molecule has 1 aromatic rings. The van der Waals surface area contributed by atoms with Crippen molar-refractivity contribution in [3.05, 3.63) is 11.4 Å². The first-order chi connectivity index (χ1) is 9.18. The van der Waals surface area contributed by atoms with Crippen LogP contribution in [0.25, 0.3) is 0 Å². The first-order valence-corrected chi connectivity index (χ1v) is 10.2. The molecule has 1 saturated heterocycles. The van der Waals surface area contributed by atoms with E-state index in [0.29, 0.717) is 31.6 Å². The quantitative estimate of drug-likeness (QED) is 0.804. The van der Waals surface area contributed by atoms with Crippen molar-refractivity contribution in [1.82, 2.24) is 9.03 Å². The molecule has 0 unspecified atom stereocenters. The van der Waals surface area contributed by atoms with Gasteiger partial charge in [0.05, 0.1) is 6.26 Å². The smallest absolute Gasteiger partial charge is 0.250 e. The summed E-state index contributed by atoms with van der Waals surface area (Å²) >= 11 is 1.07. The SMILES string of the molecule is CS(=O)(=O)N1CCC(NS(=O)(=O)c2cc(N)cs2)CC1. The molecule has 0 bridgehead atoms. The van der Waals surface area contributed by atoms with Crippen LogP contribution in [0.4, 0.5) is 5.69 Å². The molecule has 0 radical (unpaired) electrons. The van der Waals surface area contributed by atoms with Crippen molar-refractivity contribution in [3.8, 4) is 0 Å². The summed E-state index contributed by atoms with van der Waals surface area (Å²) in [5.74, 6) is 0. The van der Waals surface area contributed by atoms with Crippen LogP contribution in [0.1, 0.15) is 12.8 Å². The lowest BCUT2D eigenvalue weighted by Crippen LogP contribution is -2.46. The summed E-state index contributed by atoms with van der Waals surface area (Å²) in [7, 11) is -6.77. The van der Waals surface area contributed by atoms with E-state index < -0.39 is 20.0 Å². The predicted molar refractivity (Wildman–Crippen MR) is 78.5 cm³/mol. The van der Waals surface area contributed by atoms with Gasteiger partial charge >= 0.3 is 0 Å². The molecule has 1 aliphatic rings. The molecule has 1 fully saturated rings. The Morgan fingerprint density at radius 2 is 1.90 bits per heavy atom. The Morgan fingerprint density at radius 3 is 2.35 bits per heavy atom. The maximum atomic E-state index is 12.1. The Morgan fingerprint density at radius 1 is 1.30 bits per heavy atom. The van der Waals surface area contributed by atoms with Crippen LogP contribution in [-0.2, 0) is 20.0 Å². The molecule has 1 aromatic heterocycles. The van der Waals surface area contributed by atoms with Crippen LogP contribution in [0.15, 0.2) is 15.7 Å². The number of nitrogens with two attached hydrogens (primary N) is 1. The second kappa shape index (κ2) is 5.60. The van der Waals surface area contributed by atoms with Gasteiger partial charge in [0.1, 0.15) is 4.21 Å². The third-order valence-electron chi connectivity index (χ3n) is 3.11. The molecular weight excluding hydrogens is 322 g/mol. The number of thiophene rings is 1.